The summed E-state index contributed by atoms with van der Waals surface area (Å²) < 4.78 is 0. The number of fused-ring (bicyclic) bond motifs is 1. The van der Waals surface area contributed by atoms with Crippen LogP contribution in [-0.4, -0.2) is 100 Å². The number of amides is 4. The number of nitrogens with zero attached hydrogens (tertiary/aromatic N) is 1. The number of aromatic nitrogens is 1. The number of aromatic amines is 1. The van der Waals surface area contributed by atoms with Crippen LogP contribution in [0.15, 0.2) is 35.5 Å². The minimum atomic E-state index is -1.56. The predicted molar refractivity (Wildman–Crippen MR) is 179 cm³/mol. The van der Waals surface area contributed by atoms with Crippen molar-refractivity contribution in [2.75, 3.05) is 13.1 Å². The number of carboxylic acid groups (broad SMARTS) is 1. The van der Waals surface area contributed by atoms with Gasteiger partial charge in [-0.05, 0) is 56.7 Å². The largest absolute Gasteiger partial charge is 0.480 e. The first-order valence-electron chi connectivity index (χ1n) is 16.3. The molecule has 48 heavy (non-hydrogen) atoms. The van der Waals surface area contributed by atoms with Crippen molar-refractivity contribution in [1.29, 1.82) is 0 Å². The molecule has 2 heterocycles. The first-order chi connectivity index (χ1) is 22.8. The molecule has 0 radical (unpaired) electrons. The molecule has 1 saturated heterocycles. The van der Waals surface area contributed by atoms with Gasteiger partial charge in [0.2, 0.25) is 23.6 Å². The molecule has 16 heteroatoms. The number of H-pyrrole nitrogens is 1. The highest BCUT2D eigenvalue weighted by atomic mass is 16.4. The van der Waals surface area contributed by atoms with Gasteiger partial charge in [0.1, 0.15) is 24.2 Å². The summed E-state index contributed by atoms with van der Waals surface area (Å²) in [7, 11) is 0. The Morgan fingerprint density at radius 1 is 0.979 bits per heavy atom. The standard InChI is InChI=1S/C32H49N9O7/c1-4-17(2)25(40-27(43)22-11-7-13-35-22)29(45)39-24(15-19-16-37-21-10-6-5-9-20(19)21)28(44)41-26(18(3)42)30(46)38-23(31(47)48)12-8-14-36-32(33)34/h5-6,9-10,16-18,22-26,35,37,42H,4,7-8,11-15H2,1-3H3,(H,38,46)(H,39,45)(H,40,43)(H,41,44)(H,47,48)(H4,33,34,36)/t17-,18+,22-,23-,24-,25-,26-/m0/s1. The average Bonchev–Trinajstić information content (AvgIpc) is 3.73. The van der Waals surface area contributed by atoms with Gasteiger partial charge in [0, 0.05) is 30.1 Å². The number of hydrogen-bond donors (Lipinski definition) is 10. The number of nitrogens with one attached hydrogen (secondary N) is 6. The van der Waals surface area contributed by atoms with Crippen molar-refractivity contribution in [3.05, 3.63) is 36.0 Å². The van der Waals surface area contributed by atoms with Crippen LogP contribution in [-0.2, 0) is 30.4 Å². The maximum absolute atomic E-state index is 13.9. The molecular weight excluding hydrogens is 622 g/mol. The fraction of sp³-hybridized carbons (Fsp3) is 0.562. The first-order valence-corrected chi connectivity index (χ1v) is 16.3. The molecule has 0 aliphatic carbocycles. The van der Waals surface area contributed by atoms with Gasteiger partial charge in [-0.1, -0.05) is 38.5 Å². The van der Waals surface area contributed by atoms with Crippen LogP contribution in [0, 0.1) is 5.92 Å². The van der Waals surface area contributed by atoms with Gasteiger partial charge in [0.05, 0.1) is 12.1 Å². The van der Waals surface area contributed by atoms with Gasteiger partial charge in [-0.25, -0.2) is 4.79 Å². The molecule has 1 fully saturated rings. The first kappa shape index (κ1) is 37.8. The quantitative estimate of drug-likeness (QED) is 0.0523. The minimum Gasteiger partial charge on any atom is -0.480 e. The number of benzene rings is 1. The van der Waals surface area contributed by atoms with E-state index in [4.69, 9.17) is 11.5 Å². The summed E-state index contributed by atoms with van der Waals surface area (Å²) in [5, 5.41) is 34.6. The third-order valence-electron chi connectivity index (χ3n) is 8.52. The molecule has 7 atom stereocenters. The number of aliphatic imine (C=N–C) groups is 1. The molecule has 264 valence electrons. The second-order valence-corrected chi connectivity index (χ2v) is 12.2. The van der Waals surface area contributed by atoms with Crippen LogP contribution in [0.4, 0.5) is 0 Å². The number of hydrogen-bond acceptors (Lipinski definition) is 8. The van der Waals surface area contributed by atoms with E-state index in [0.29, 0.717) is 24.9 Å². The van der Waals surface area contributed by atoms with Gasteiger partial charge in [-0.15, -0.1) is 0 Å². The number of para-hydroxylation sites is 1. The maximum atomic E-state index is 13.9. The molecule has 0 saturated carbocycles. The van der Waals surface area contributed by atoms with Crippen molar-refractivity contribution < 1.29 is 34.2 Å². The van der Waals surface area contributed by atoms with Gasteiger partial charge < -0.3 is 53.2 Å². The van der Waals surface area contributed by atoms with E-state index < -0.39 is 60.0 Å². The van der Waals surface area contributed by atoms with Crippen molar-refractivity contribution >= 4 is 46.5 Å². The second kappa shape index (κ2) is 18.0. The zero-order valence-electron chi connectivity index (χ0n) is 27.6. The second-order valence-electron chi connectivity index (χ2n) is 12.2. The van der Waals surface area contributed by atoms with Gasteiger partial charge in [-0.3, -0.25) is 24.2 Å². The van der Waals surface area contributed by atoms with E-state index in [9.17, 15) is 34.2 Å². The molecule has 4 amide bonds. The zero-order chi connectivity index (χ0) is 35.4. The van der Waals surface area contributed by atoms with Crippen LogP contribution in [0.1, 0.15) is 58.4 Å². The topological polar surface area (TPSA) is 266 Å². The maximum Gasteiger partial charge on any atom is 0.326 e. The third-order valence-corrected chi connectivity index (χ3v) is 8.52. The molecule has 1 aromatic heterocycles. The summed E-state index contributed by atoms with van der Waals surface area (Å²) in [6.45, 7) is 5.83. The number of carbonyl (C=O) groups is 5. The number of rotatable bonds is 18. The molecular formula is C32H49N9O7. The summed E-state index contributed by atoms with van der Waals surface area (Å²) in [6, 6.07) is 1.90. The van der Waals surface area contributed by atoms with Gasteiger partial charge in [0.25, 0.3) is 0 Å². The van der Waals surface area contributed by atoms with Crippen LogP contribution >= 0.6 is 0 Å². The Morgan fingerprint density at radius 2 is 1.67 bits per heavy atom. The van der Waals surface area contributed by atoms with Crippen molar-refractivity contribution in [1.82, 2.24) is 31.6 Å². The van der Waals surface area contributed by atoms with E-state index in [1.165, 1.54) is 6.92 Å². The molecule has 3 rings (SSSR count). The van der Waals surface area contributed by atoms with Crippen LogP contribution in [0.25, 0.3) is 10.9 Å². The van der Waals surface area contributed by atoms with E-state index in [-0.39, 0.29) is 43.6 Å². The van der Waals surface area contributed by atoms with Crippen molar-refractivity contribution in [2.24, 2.45) is 22.4 Å². The molecule has 1 aliphatic rings. The van der Waals surface area contributed by atoms with Crippen LogP contribution in [0.2, 0.25) is 0 Å². The Balaban J connectivity index is 1.83. The third kappa shape index (κ3) is 10.7. The SMILES string of the molecule is CC[C@H](C)[C@H](NC(=O)[C@@H]1CCCN1)C(=O)N[C@@H](Cc1c[nH]c2ccccc12)C(=O)N[C@H](C(=O)N[C@@H](CCCN=C(N)N)C(=O)O)[C@@H](C)O. The Morgan fingerprint density at radius 3 is 2.29 bits per heavy atom. The Hall–Kier alpha value is -4.70. The van der Waals surface area contributed by atoms with Crippen molar-refractivity contribution in [3.8, 4) is 0 Å². The fourth-order valence-corrected chi connectivity index (χ4v) is 5.54. The lowest BCUT2D eigenvalue weighted by molar-refractivity contribution is -0.143. The highest BCUT2D eigenvalue weighted by Gasteiger charge is 2.35. The smallest absolute Gasteiger partial charge is 0.326 e. The van der Waals surface area contributed by atoms with E-state index in [1.54, 1.807) is 6.20 Å². The Labute approximate surface area is 279 Å². The van der Waals surface area contributed by atoms with Crippen LogP contribution < -0.4 is 38.1 Å². The molecule has 2 aromatic rings. The normalized spacial score (nSPS) is 18.0. The zero-order valence-corrected chi connectivity index (χ0v) is 27.6. The average molecular weight is 672 g/mol. The number of aliphatic hydroxyl groups excluding tert-OH is 1. The highest BCUT2D eigenvalue weighted by molar-refractivity contribution is 5.96. The lowest BCUT2D eigenvalue weighted by Gasteiger charge is -2.29. The van der Waals surface area contributed by atoms with Crippen LogP contribution in [0.5, 0.6) is 0 Å². The van der Waals surface area contributed by atoms with Gasteiger partial charge >= 0.3 is 5.97 Å². The Kier molecular flexibility index (Phi) is 14.2. The van der Waals surface area contributed by atoms with Gasteiger partial charge in [0.15, 0.2) is 5.96 Å². The highest BCUT2D eigenvalue weighted by Crippen LogP contribution is 2.20. The summed E-state index contributed by atoms with van der Waals surface area (Å²) in [5.41, 5.74) is 12.1. The molecule has 1 aliphatic heterocycles. The van der Waals surface area contributed by atoms with E-state index in [0.717, 1.165) is 17.3 Å². The number of aliphatic hydroxyl groups is 1. The lowest BCUT2D eigenvalue weighted by atomic mass is 9.96. The molecule has 16 nitrogen and oxygen atoms in total. The molecule has 0 unspecified atom stereocenters. The monoisotopic (exact) mass is 671 g/mol. The number of nitrogens with two attached hydrogens (primary N) is 2. The van der Waals surface area contributed by atoms with E-state index >= 15 is 0 Å². The lowest BCUT2D eigenvalue weighted by Crippen LogP contribution is -2.61. The molecule has 12 N–H and O–H groups in total. The molecule has 1 aromatic carbocycles. The van der Waals surface area contributed by atoms with Crippen molar-refractivity contribution in [2.45, 2.75) is 95.6 Å². The summed E-state index contributed by atoms with van der Waals surface area (Å²) in [5.74, 6) is -4.36. The van der Waals surface area contributed by atoms with E-state index in [1.807, 2.05) is 38.1 Å². The Bertz CT molecular complexity index is 1450. The number of aliphatic carboxylic acids is 1. The van der Waals surface area contributed by atoms with Crippen LogP contribution in [0.3, 0.4) is 0 Å². The summed E-state index contributed by atoms with van der Waals surface area (Å²) >= 11 is 0. The summed E-state index contributed by atoms with van der Waals surface area (Å²) in [4.78, 5) is 72.7. The minimum absolute atomic E-state index is 0.00360. The number of carboxylic acids is 1. The van der Waals surface area contributed by atoms with Crippen molar-refractivity contribution in [3.63, 3.8) is 0 Å². The number of carbonyl (C=O) groups excluding carboxylic acids is 4. The van der Waals surface area contributed by atoms with Gasteiger partial charge in [-0.2, -0.15) is 0 Å². The molecule has 0 bridgehead atoms. The van der Waals surface area contributed by atoms with E-state index in [2.05, 4.69) is 36.6 Å². The molecule has 0 spiro atoms. The summed E-state index contributed by atoms with van der Waals surface area (Å²) in [6.07, 6.45) is 2.57. The number of guanidine groups is 1. The predicted octanol–water partition coefficient (Wildman–Crippen LogP) is -1.03. The fourth-order valence-electron chi connectivity index (χ4n) is 5.54.